The molecule has 1 atom stereocenters. The molecular weight excluding hydrogens is 457 g/mol. The first kappa shape index (κ1) is 25.6. The number of guanidine groups is 1. The van der Waals surface area contributed by atoms with E-state index in [0.29, 0.717) is 44.6 Å². The summed E-state index contributed by atoms with van der Waals surface area (Å²) in [5, 5.41) is 6.34. The van der Waals surface area contributed by atoms with E-state index in [1.54, 1.807) is 0 Å². The highest BCUT2D eigenvalue weighted by Crippen LogP contribution is 2.03. The van der Waals surface area contributed by atoms with Crippen molar-refractivity contribution in [3.63, 3.8) is 0 Å². The molecule has 1 aromatic carbocycles. The first-order valence-corrected chi connectivity index (χ1v) is 9.34. The molecule has 0 amide bonds. The summed E-state index contributed by atoms with van der Waals surface area (Å²) < 4.78 is 10.9. The molecule has 0 saturated heterocycles. The molecule has 154 valence electrons. The van der Waals surface area contributed by atoms with Crippen molar-refractivity contribution in [3.8, 4) is 0 Å². The lowest BCUT2D eigenvalue weighted by molar-refractivity contribution is -0.147. The Kier molecular flexibility index (Phi) is 14.9. The molecule has 0 aliphatic heterocycles. The number of nitrogens with one attached hydrogen (secondary N) is 2. The van der Waals surface area contributed by atoms with E-state index < -0.39 is 0 Å². The second-order valence-electron chi connectivity index (χ2n) is 6.54. The zero-order valence-corrected chi connectivity index (χ0v) is 19.2. The molecule has 1 unspecified atom stereocenters. The molecule has 0 aliphatic carbocycles. The van der Waals surface area contributed by atoms with E-state index in [0.717, 1.165) is 6.54 Å². The minimum absolute atomic E-state index is 0. The van der Waals surface area contributed by atoms with Gasteiger partial charge in [0, 0.05) is 19.6 Å². The van der Waals surface area contributed by atoms with Crippen LogP contribution < -0.4 is 10.6 Å². The first-order chi connectivity index (χ1) is 12.5. The second-order valence-corrected chi connectivity index (χ2v) is 6.54. The van der Waals surface area contributed by atoms with E-state index in [1.165, 1.54) is 5.56 Å². The molecule has 0 aliphatic rings. The van der Waals surface area contributed by atoms with Gasteiger partial charge in [0.15, 0.2) is 5.96 Å². The molecule has 0 aromatic heterocycles. The molecule has 0 saturated carbocycles. The van der Waals surface area contributed by atoms with Crippen molar-refractivity contribution in [2.24, 2.45) is 10.9 Å². The maximum absolute atomic E-state index is 11.6. The van der Waals surface area contributed by atoms with Gasteiger partial charge in [-0.2, -0.15) is 0 Å². The summed E-state index contributed by atoms with van der Waals surface area (Å²) in [6, 6.07) is 10.1. The number of benzene rings is 1. The van der Waals surface area contributed by atoms with Crippen molar-refractivity contribution in [1.82, 2.24) is 10.6 Å². The quantitative estimate of drug-likeness (QED) is 0.215. The van der Waals surface area contributed by atoms with Crippen LogP contribution in [0.1, 0.15) is 39.7 Å². The molecule has 0 radical (unpaired) electrons. The predicted octanol–water partition coefficient (Wildman–Crippen LogP) is 3.35. The van der Waals surface area contributed by atoms with Crippen molar-refractivity contribution < 1.29 is 14.3 Å². The van der Waals surface area contributed by atoms with Crippen molar-refractivity contribution in [3.05, 3.63) is 35.9 Å². The molecule has 6 nitrogen and oxygen atoms in total. The van der Waals surface area contributed by atoms with Crippen molar-refractivity contribution in [1.29, 1.82) is 0 Å². The van der Waals surface area contributed by atoms with Crippen LogP contribution in [0, 0.1) is 5.92 Å². The normalized spacial score (nSPS) is 12.3. The summed E-state index contributed by atoms with van der Waals surface area (Å²) in [5.74, 6) is 0.811. The number of carbonyl (C=O) groups is 1. The summed E-state index contributed by atoms with van der Waals surface area (Å²) in [4.78, 5) is 16.1. The first-order valence-electron chi connectivity index (χ1n) is 9.34. The number of esters is 1. The lowest BCUT2D eigenvalue weighted by atomic mass is 10.2. The van der Waals surface area contributed by atoms with Crippen LogP contribution in [0.25, 0.3) is 0 Å². The predicted molar refractivity (Wildman–Crippen MR) is 121 cm³/mol. The van der Waals surface area contributed by atoms with Gasteiger partial charge in [-0.1, -0.05) is 37.3 Å². The Labute approximate surface area is 180 Å². The van der Waals surface area contributed by atoms with Gasteiger partial charge in [0.05, 0.1) is 25.7 Å². The smallest absolute Gasteiger partial charge is 0.307 e. The number of ether oxygens (including phenoxy) is 2. The topological polar surface area (TPSA) is 72.0 Å². The Hall–Kier alpha value is -1.35. The molecule has 1 aromatic rings. The van der Waals surface area contributed by atoms with Gasteiger partial charge in [-0.3, -0.25) is 9.79 Å². The average Bonchev–Trinajstić information content (AvgIpc) is 2.60. The van der Waals surface area contributed by atoms with E-state index >= 15 is 0 Å². The maximum atomic E-state index is 11.6. The highest BCUT2D eigenvalue weighted by atomic mass is 127. The third-order valence-corrected chi connectivity index (χ3v) is 3.41. The molecular formula is C20H34IN3O3. The Morgan fingerprint density at radius 2 is 1.85 bits per heavy atom. The Bertz CT molecular complexity index is 539. The average molecular weight is 491 g/mol. The van der Waals surface area contributed by atoms with Crippen LogP contribution in [0.15, 0.2) is 35.3 Å². The van der Waals surface area contributed by atoms with Crippen molar-refractivity contribution >= 4 is 35.9 Å². The van der Waals surface area contributed by atoms with E-state index in [4.69, 9.17) is 9.47 Å². The summed E-state index contributed by atoms with van der Waals surface area (Å²) >= 11 is 0. The Morgan fingerprint density at radius 1 is 1.15 bits per heavy atom. The summed E-state index contributed by atoms with van der Waals surface area (Å²) in [6.45, 7) is 11.0. The van der Waals surface area contributed by atoms with Crippen LogP contribution >= 0.6 is 24.0 Å². The summed E-state index contributed by atoms with van der Waals surface area (Å²) in [7, 11) is 0. The number of hydrogen-bond donors (Lipinski definition) is 2. The van der Waals surface area contributed by atoms with Crippen LogP contribution in [0.2, 0.25) is 0 Å². The largest absolute Gasteiger partial charge is 0.463 e. The minimum Gasteiger partial charge on any atom is -0.463 e. The van der Waals surface area contributed by atoms with Gasteiger partial charge in [-0.05, 0) is 32.3 Å². The third-order valence-electron chi connectivity index (χ3n) is 3.41. The van der Waals surface area contributed by atoms with Gasteiger partial charge in [0.2, 0.25) is 0 Å². The lowest BCUT2D eigenvalue weighted by Crippen LogP contribution is -2.39. The van der Waals surface area contributed by atoms with Crippen LogP contribution in [0.5, 0.6) is 0 Å². The highest BCUT2D eigenvalue weighted by Gasteiger charge is 2.07. The van der Waals surface area contributed by atoms with Crippen molar-refractivity contribution in [2.75, 3.05) is 26.2 Å². The van der Waals surface area contributed by atoms with Gasteiger partial charge in [-0.15, -0.1) is 24.0 Å². The van der Waals surface area contributed by atoms with E-state index in [9.17, 15) is 4.79 Å². The van der Waals surface area contributed by atoms with Crippen molar-refractivity contribution in [2.45, 2.75) is 46.8 Å². The molecule has 0 heterocycles. The van der Waals surface area contributed by atoms with Crippen LogP contribution in [0.3, 0.4) is 0 Å². The Morgan fingerprint density at radius 3 is 2.48 bits per heavy atom. The fourth-order valence-electron chi connectivity index (χ4n) is 2.20. The van der Waals surface area contributed by atoms with Gasteiger partial charge in [0.25, 0.3) is 0 Å². The highest BCUT2D eigenvalue weighted by molar-refractivity contribution is 14.0. The van der Waals surface area contributed by atoms with Crippen LogP contribution in [-0.2, 0) is 20.9 Å². The molecule has 2 N–H and O–H groups in total. The van der Waals surface area contributed by atoms with Gasteiger partial charge in [-0.25, -0.2) is 0 Å². The molecule has 0 bridgehead atoms. The number of nitrogens with zero attached hydrogens (tertiary/aromatic N) is 1. The molecule has 0 fully saturated rings. The number of halogens is 1. The Balaban J connectivity index is 0.00000676. The van der Waals surface area contributed by atoms with E-state index in [-0.39, 0.29) is 36.0 Å². The SMILES string of the molecule is CCNC(=NCC(C)COCc1ccccc1)NCCC(=O)OC(C)C.I. The monoisotopic (exact) mass is 491 g/mol. The fourth-order valence-corrected chi connectivity index (χ4v) is 2.20. The summed E-state index contributed by atoms with van der Waals surface area (Å²) in [6.07, 6.45) is 0.236. The molecule has 0 spiro atoms. The van der Waals surface area contributed by atoms with E-state index in [2.05, 4.69) is 34.7 Å². The number of hydrogen-bond acceptors (Lipinski definition) is 4. The maximum Gasteiger partial charge on any atom is 0.307 e. The van der Waals surface area contributed by atoms with Gasteiger partial charge in [0.1, 0.15) is 0 Å². The number of carbonyl (C=O) groups excluding carboxylic acids is 1. The number of aliphatic imine (C=N–C) groups is 1. The van der Waals surface area contributed by atoms with Crippen LogP contribution in [-0.4, -0.2) is 44.3 Å². The fraction of sp³-hybridized carbons (Fsp3) is 0.600. The third kappa shape index (κ3) is 13.5. The molecule has 27 heavy (non-hydrogen) atoms. The summed E-state index contributed by atoms with van der Waals surface area (Å²) in [5.41, 5.74) is 1.17. The zero-order valence-electron chi connectivity index (χ0n) is 16.9. The molecule has 7 heteroatoms. The van der Waals surface area contributed by atoms with Crippen LogP contribution in [0.4, 0.5) is 0 Å². The number of rotatable bonds is 11. The van der Waals surface area contributed by atoms with E-state index in [1.807, 2.05) is 39.0 Å². The zero-order chi connectivity index (χ0) is 19.2. The van der Waals surface area contributed by atoms with Gasteiger partial charge < -0.3 is 20.1 Å². The second kappa shape index (κ2) is 15.7. The standard InChI is InChI=1S/C20H33N3O3.HI/c1-5-21-20(22-12-11-19(24)26-16(2)3)23-13-17(4)14-25-15-18-9-7-6-8-10-18;/h6-10,16-17H,5,11-15H2,1-4H3,(H2,21,22,23);1H. The lowest BCUT2D eigenvalue weighted by Gasteiger charge is -2.14. The minimum atomic E-state index is -0.203. The molecule has 1 rings (SSSR count). The van der Waals surface area contributed by atoms with Gasteiger partial charge >= 0.3 is 5.97 Å².